The van der Waals surface area contributed by atoms with Crippen LogP contribution < -0.4 is 10.6 Å². The van der Waals surface area contributed by atoms with E-state index in [1.807, 2.05) is 11.8 Å². The van der Waals surface area contributed by atoms with Crippen LogP contribution in [0.5, 0.6) is 5.75 Å². The summed E-state index contributed by atoms with van der Waals surface area (Å²) in [5, 5.41) is 16.1. The van der Waals surface area contributed by atoms with Crippen LogP contribution in [-0.2, 0) is 20.7 Å². The van der Waals surface area contributed by atoms with Crippen LogP contribution in [-0.4, -0.2) is 59.2 Å². The Morgan fingerprint density at radius 2 is 2.03 bits per heavy atom. The highest BCUT2D eigenvalue weighted by atomic mass is 16.6. The Balaban J connectivity index is 1.41. The highest BCUT2D eigenvalue weighted by Crippen LogP contribution is 2.29. The van der Waals surface area contributed by atoms with Crippen LogP contribution >= 0.6 is 0 Å². The van der Waals surface area contributed by atoms with Crippen LogP contribution in [0.3, 0.4) is 0 Å². The van der Waals surface area contributed by atoms with Gasteiger partial charge in [-0.15, -0.1) is 0 Å². The number of alkyl carbamates (subject to hydrolysis) is 1. The molecule has 1 fully saturated rings. The zero-order valence-electron chi connectivity index (χ0n) is 21.1. The summed E-state index contributed by atoms with van der Waals surface area (Å²) in [7, 11) is 0. The lowest BCUT2D eigenvalue weighted by Gasteiger charge is -2.26. The molecule has 0 spiro atoms. The summed E-state index contributed by atoms with van der Waals surface area (Å²) in [6, 6.07) is 5.13. The number of rotatable bonds is 9. The van der Waals surface area contributed by atoms with Crippen molar-refractivity contribution in [3.05, 3.63) is 30.0 Å². The molecule has 2 heterocycles. The maximum atomic E-state index is 13.0. The Hall–Kier alpha value is -3.23. The molecule has 2 aromatic rings. The molecule has 2 atom stereocenters. The van der Waals surface area contributed by atoms with Crippen molar-refractivity contribution in [2.75, 3.05) is 19.6 Å². The van der Waals surface area contributed by atoms with Crippen LogP contribution in [0, 0.1) is 5.92 Å². The normalized spacial score (nSPS) is 16.8. The van der Waals surface area contributed by atoms with E-state index in [1.54, 1.807) is 45.2 Å². The average Bonchev–Trinajstić information content (AvgIpc) is 3.38. The minimum Gasteiger partial charge on any atom is -0.508 e. The molecule has 3 rings (SSSR count). The van der Waals surface area contributed by atoms with Gasteiger partial charge in [-0.05, 0) is 64.2 Å². The molecule has 1 aromatic carbocycles. The SMILES string of the molecule is CC(CNC(=O)CCNC(=O)OC(C)(C)C)CC(=O)N1CCCC1Cc1coc2ccc(O)cc12. The number of aromatic hydroxyl groups is 1. The minimum atomic E-state index is -0.585. The van der Waals surface area contributed by atoms with Crippen LogP contribution in [0.2, 0.25) is 0 Å². The number of hydrogen-bond donors (Lipinski definition) is 3. The number of likely N-dealkylation sites (tertiary alicyclic amines) is 1. The number of phenolic OH excluding ortho intramolecular Hbond substituents is 1. The van der Waals surface area contributed by atoms with Crippen LogP contribution in [0.15, 0.2) is 28.9 Å². The van der Waals surface area contributed by atoms with Gasteiger partial charge >= 0.3 is 6.09 Å². The first-order valence-corrected chi connectivity index (χ1v) is 12.2. The minimum absolute atomic E-state index is 0.0155. The van der Waals surface area contributed by atoms with Crippen molar-refractivity contribution >= 4 is 28.9 Å². The first-order chi connectivity index (χ1) is 16.5. The lowest BCUT2D eigenvalue weighted by atomic mass is 10.0. The van der Waals surface area contributed by atoms with Gasteiger partial charge in [0.2, 0.25) is 11.8 Å². The van der Waals surface area contributed by atoms with Gasteiger partial charge in [-0.2, -0.15) is 0 Å². The molecule has 0 saturated carbocycles. The smallest absolute Gasteiger partial charge is 0.407 e. The first kappa shape index (κ1) is 26.4. The van der Waals surface area contributed by atoms with E-state index in [0.29, 0.717) is 19.4 Å². The van der Waals surface area contributed by atoms with Crippen molar-refractivity contribution in [3.8, 4) is 5.75 Å². The highest BCUT2D eigenvalue weighted by Gasteiger charge is 2.30. The number of carbonyl (C=O) groups is 3. The topological polar surface area (TPSA) is 121 Å². The van der Waals surface area contributed by atoms with Gasteiger partial charge in [0.05, 0.1) is 6.26 Å². The number of amides is 3. The molecule has 0 aliphatic carbocycles. The van der Waals surface area contributed by atoms with Gasteiger partial charge in [0, 0.05) is 49.5 Å². The Labute approximate surface area is 206 Å². The number of nitrogens with one attached hydrogen (secondary N) is 2. The Morgan fingerprint density at radius 1 is 1.26 bits per heavy atom. The van der Waals surface area contributed by atoms with Crippen molar-refractivity contribution in [3.63, 3.8) is 0 Å². The van der Waals surface area contributed by atoms with E-state index in [2.05, 4.69) is 10.6 Å². The standard InChI is InChI=1S/C26H37N3O6/c1-17(15-28-23(31)9-10-27-25(33)35-26(2,3)4)12-24(32)29-11-5-6-19(29)13-18-16-34-22-8-7-20(30)14-21(18)22/h7-8,14,16-17,19,30H,5-6,9-13,15H2,1-4H3,(H,27,33)(H,28,31). The highest BCUT2D eigenvalue weighted by molar-refractivity contribution is 5.83. The first-order valence-electron chi connectivity index (χ1n) is 12.2. The molecule has 2 unspecified atom stereocenters. The fourth-order valence-electron chi connectivity index (χ4n) is 4.31. The van der Waals surface area contributed by atoms with Crippen molar-refractivity contribution in [2.24, 2.45) is 5.92 Å². The Morgan fingerprint density at radius 3 is 2.77 bits per heavy atom. The number of nitrogens with zero attached hydrogens (tertiary/aromatic N) is 1. The summed E-state index contributed by atoms with van der Waals surface area (Å²) in [4.78, 5) is 38.7. The van der Waals surface area contributed by atoms with E-state index < -0.39 is 11.7 Å². The molecule has 35 heavy (non-hydrogen) atoms. The summed E-state index contributed by atoms with van der Waals surface area (Å²) >= 11 is 0. The lowest BCUT2D eigenvalue weighted by Crippen LogP contribution is -2.39. The van der Waals surface area contributed by atoms with Crippen molar-refractivity contribution in [1.82, 2.24) is 15.5 Å². The van der Waals surface area contributed by atoms with Crippen LogP contribution in [0.1, 0.15) is 58.9 Å². The molecule has 3 amide bonds. The molecule has 192 valence electrons. The summed E-state index contributed by atoms with van der Waals surface area (Å²) < 4.78 is 10.7. The van der Waals surface area contributed by atoms with Crippen LogP contribution in [0.4, 0.5) is 4.79 Å². The summed E-state index contributed by atoms with van der Waals surface area (Å²) in [5.41, 5.74) is 1.12. The number of ether oxygens (including phenoxy) is 1. The quantitative estimate of drug-likeness (QED) is 0.496. The third-order valence-corrected chi connectivity index (χ3v) is 5.98. The molecule has 3 N–H and O–H groups in total. The number of hydrogen-bond acceptors (Lipinski definition) is 6. The van der Waals surface area contributed by atoms with Gasteiger partial charge in [-0.25, -0.2) is 4.79 Å². The fraction of sp³-hybridized carbons (Fsp3) is 0.577. The van der Waals surface area contributed by atoms with Gasteiger partial charge in [-0.3, -0.25) is 9.59 Å². The molecular weight excluding hydrogens is 450 g/mol. The number of furan rings is 1. The molecule has 1 aliphatic heterocycles. The van der Waals surface area contributed by atoms with Gasteiger partial charge in [0.1, 0.15) is 16.9 Å². The van der Waals surface area contributed by atoms with Crippen molar-refractivity contribution in [1.29, 1.82) is 0 Å². The second kappa shape index (κ2) is 11.5. The van der Waals surface area contributed by atoms with E-state index in [9.17, 15) is 19.5 Å². The van der Waals surface area contributed by atoms with E-state index in [0.717, 1.165) is 35.9 Å². The van der Waals surface area contributed by atoms with Crippen molar-refractivity contribution < 1.29 is 28.6 Å². The van der Waals surface area contributed by atoms with E-state index in [1.165, 1.54) is 0 Å². The number of fused-ring (bicyclic) bond motifs is 1. The fourth-order valence-corrected chi connectivity index (χ4v) is 4.31. The predicted molar refractivity (Wildman–Crippen MR) is 132 cm³/mol. The number of phenols is 1. The molecule has 1 aliphatic rings. The molecule has 9 nitrogen and oxygen atoms in total. The maximum Gasteiger partial charge on any atom is 0.407 e. The number of carbonyl (C=O) groups excluding carboxylic acids is 3. The second-order valence-electron chi connectivity index (χ2n) is 10.3. The van der Waals surface area contributed by atoms with Gasteiger partial charge in [-0.1, -0.05) is 6.92 Å². The van der Waals surface area contributed by atoms with Gasteiger partial charge in [0.25, 0.3) is 0 Å². The Bertz CT molecular complexity index is 1040. The molecule has 1 saturated heterocycles. The zero-order chi connectivity index (χ0) is 25.6. The van der Waals surface area contributed by atoms with Crippen molar-refractivity contribution in [2.45, 2.75) is 71.4 Å². The van der Waals surface area contributed by atoms with Gasteiger partial charge < -0.3 is 29.8 Å². The molecular formula is C26H37N3O6. The molecule has 0 radical (unpaired) electrons. The van der Waals surface area contributed by atoms with E-state index >= 15 is 0 Å². The molecule has 0 bridgehead atoms. The number of benzene rings is 1. The lowest BCUT2D eigenvalue weighted by molar-refractivity contribution is -0.133. The summed E-state index contributed by atoms with van der Waals surface area (Å²) in [6.07, 6.45) is 4.20. The van der Waals surface area contributed by atoms with Crippen LogP contribution in [0.25, 0.3) is 11.0 Å². The largest absolute Gasteiger partial charge is 0.508 e. The van der Waals surface area contributed by atoms with E-state index in [-0.39, 0.29) is 42.5 Å². The predicted octanol–water partition coefficient (Wildman–Crippen LogP) is 3.73. The third kappa shape index (κ3) is 7.90. The van der Waals surface area contributed by atoms with Gasteiger partial charge in [0.15, 0.2) is 0 Å². The molecule has 1 aromatic heterocycles. The monoisotopic (exact) mass is 487 g/mol. The third-order valence-electron chi connectivity index (χ3n) is 5.98. The molecule has 9 heteroatoms. The second-order valence-corrected chi connectivity index (χ2v) is 10.3. The maximum absolute atomic E-state index is 13.0. The summed E-state index contributed by atoms with van der Waals surface area (Å²) in [6.45, 7) is 8.56. The van der Waals surface area contributed by atoms with E-state index in [4.69, 9.17) is 9.15 Å². The summed E-state index contributed by atoms with van der Waals surface area (Å²) in [5.74, 6) is 0.0696. The zero-order valence-corrected chi connectivity index (χ0v) is 21.1. The average molecular weight is 488 g/mol. The Kier molecular flexibility index (Phi) is 8.64.